The highest BCUT2D eigenvalue weighted by Crippen LogP contribution is 2.52. The fourth-order valence-electron chi connectivity index (χ4n) is 10.4. The van der Waals surface area contributed by atoms with Crippen LogP contribution in [-0.2, 0) is 21.7 Å². The van der Waals surface area contributed by atoms with Crippen LogP contribution in [-0.4, -0.2) is 6.71 Å². The van der Waals surface area contributed by atoms with E-state index in [4.69, 9.17) is 0 Å². The summed E-state index contributed by atoms with van der Waals surface area (Å²) in [6, 6.07) is 50.9. The van der Waals surface area contributed by atoms with Crippen molar-refractivity contribution in [3.63, 3.8) is 0 Å². The molecule has 0 unspecified atom stereocenters. The van der Waals surface area contributed by atoms with Gasteiger partial charge in [-0.05, 0) is 123 Å². The molecule has 0 fully saturated rings. The van der Waals surface area contributed by atoms with Crippen molar-refractivity contribution in [1.82, 2.24) is 0 Å². The van der Waals surface area contributed by atoms with Gasteiger partial charge in [0.2, 0.25) is 0 Å². The Bertz CT molecular complexity index is 2670. The van der Waals surface area contributed by atoms with Gasteiger partial charge >= 0.3 is 0 Å². The van der Waals surface area contributed by atoms with Crippen LogP contribution in [0.5, 0.6) is 0 Å². The lowest BCUT2D eigenvalue weighted by Crippen LogP contribution is -2.63. The second-order valence-electron chi connectivity index (χ2n) is 19.7. The van der Waals surface area contributed by atoms with Crippen molar-refractivity contribution in [3.8, 4) is 0 Å². The molecule has 2 aliphatic heterocycles. The van der Waals surface area contributed by atoms with Gasteiger partial charge in [-0.1, -0.05) is 141 Å². The third kappa shape index (κ3) is 5.50. The van der Waals surface area contributed by atoms with E-state index in [1.165, 1.54) is 89.2 Å². The van der Waals surface area contributed by atoms with Gasteiger partial charge in [0, 0.05) is 48.7 Å². The average molecular weight is 761 g/mol. The first-order valence-electron chi connectivity index (χ1n) is 20.9. The summed E-state index contributed by atoms with van der Waals surface area (Å²) >= 11 is 2.00. The van der Waals surface area contributed by atoms with Crippen molar-refractivity contribution >= 4 is 78.0 Å². The van der Waals surface area contributed by atoms with Crippen molar-refractivity contribution in [2.75, 3.05) is 9.80 Å². The summed E-state index contributed by atoms with van der Waals surface area (Å²) < 4.78 is 2.80. The standard InChI is InChI=1S/C53H53BN2S/c1-50(2,3)34-24-27-46-39(30-34)48-49(57-46)54-44-23-17-16-22-41(44)53(8,9)43-32-38(55(35-18-12-10-13-19-35)36-20-14-11-15-21-36)33-45(47(43)54)56(48)37-25-26-40-42(31-37)52(6,7)29-28-51(40,4)5/h10-27,30-33H,28-29H2,1-9H3. The molecule has 0 saturated carbocycles. The van der Waals surface area contributed by atoms with Crippen molar-refractivity contribution in [1.29, 1.82) is 0 Å². The quantitative estimate of drug-likeness (QED) is 0.165. The Morgan fingerprint density at radius 1 is 0.596 bits per heavy atom. The number of hydrogen-bond donors (Lipinski definition) is 0. The van der Waals surface area contributed by atoms with Gasteiger partial charge in [0.1, 0.15) is 0 Å². The summed E-state index contributed by atoms with van der Waals surface area (Å²) in [7, 11) is 0. The number of hydrogen-bond acceptors (Lipinski definition) is 3. The summed E-state index contributed by atoms with van der Waals surface area (Å²) in [6.07, 6.45) is 2.38. The highest BCUT2D eigenvalue weighted by molar-refractivity contribution is 7.33. The molecule has 3 aliphatic rings. The molecule has 0 bridgehead atoms. The molecule has 57 heavy (non-hydrogen) atoms. The van der Waals surface area contributed by atoms with E-state index in [0.29, 0.717) is 0 Å². The maximum Gasteiger partial charge on any atom is 0.260 e. The number of benzene rings is 6. The Morgan fingerprint density at radius 3 is 1.89 bits per heavy atom. The zero-order chi connectivity index (χ0) is 39.6. The SMILES string of the molecule is CC(C)(C)c1ccc2sc3c(c2c1)N(c1ccc2c(c1)C(C)(C)CCC2(C)C)c1cc(N(c2ccccc2)c2ccccc2)cc2c1B3c1ccccc1C2(C)C. The predicted molar refractivity (Wildman–Crippen MR) is 248 cm³/mol. The van der Waals surface area contributed by atoms with Gasteiger partial charge in [0.25, 0.3) is 6.71 Å². The minimum Gasteiger partial charge on any atom is -0.310 e. The molecule has 1 aromatic heterocycles. The largest absolute Gasteiger partial charge is 0.310 e. The third-order valence-electron chi connectivity index (χ3n) is 13.7. The smallest absolute Gasteiger partial charge is 0.260 e. The first kappa shape index (κ1) is 36.3. The first-order chi connectivity index (χ1) is 27.1. The van der Waals surface area contributed by atoms with E-state index in [1.807, 2.05) is 11.3 Å². The molecule has 0 saturated heterocycles. The molecule has 0 amide bonds. The zero-order valence-corrected chi connectivity index (χ0v) is 35.8. The van der Waals surface area contributed by atoms with Crippen LogP contribution >= 0.6 is 11.3 Å². The van der Waals surface area contributed by atoms with Crippen LogP contribution in [0.15, 0.2) is 133 Å². The second kappa shape index (κ2) is 12.5. The van der Waals surface area contributed by atoms with Crippen LogP contribution in [0.2, 0.25) is 0 Å². The second-order valence-corrected chi connectivity index (χ2v) is 20.8. The summed E-state index contributed by atoms with van der Waals surface area (Å²) in [5.74, 6) is 0. The normalized spacial score (nSPS) is 17.1. The maximum atomic E-state index is 2.69. The highest BCUT2D eigenvalue weighted by atomic mass is 32.1. The van der Waals surface area contributed by atoms with Gasteiger partial charge in [-0.3, -0.25) is 0 Å². The van der Waals surface area contributed by atoms with E-state index in [9.17, 15) is 0 Å². The fraction of sp³-hybridized carbons (Fsp3) is 0.283. The van der Waals surface area contributed by atoms with Crippen molar-refractivity contribution in [2.24, 2.45) is 0 Å². The van der Waals surface area contributed by atoms with E-state index in [1.54, 1.807) is 0 Å². The number of anilines is 6. The number of thiophene rings is 1. The Hall–Kier alpha value is -5.06. The molecule has 7 aromatic rings. The molecule has 0 spiro atoms. The van der Waals surface area contributed by atoms with Gasteiger partial charge < -0.3 is 9.80 Å². The fourth-order valence-corrected chi connectivity index (χ4v) is 11.6. The van der Waals surface area contributed by atoms with E-state index < -0.39 is 0 Å². The topological polar surface area (TPSA) is 6.48 Å². The summed E-state index contributed by atoms with van der Waals surface area (Å²) in [5.41, 5.74) is 17.4. The van der Waals surface area contributed by atoms with Gasteiger partial charge in [0.05, 0.1) is 5.69 Å². The molecule has 0 atom stereocenters. The molecule has 2 nitrogen and oxygen atoms in total. The van der Waals surface area contributed by atoms with Crippen molar-refractivity contribution < 1.29 is 0 Å². The molecule has 284 valence electrons. The van der Waals surface area contributed by atoms with Crippen LogP contribution in [0.4, 0.5) is 34.1 Å². The van der Waals surface area contributed by atoms with Gasteiger partial charge in [-0.2, -0.15) is 0 Å². The molecule has 10 rings (SSSR count). The van der Waals surface area contributed by atoms with E-state index in [-0.39, 0.29) is 28.4 Å². The average Bonchev–Trinajstić information content (AvgIpc) is 3.57. The number of fused-ring (bicyclic) bond motifs is 7. The van der Waals surface area contributed by atoms with Crippen LogP contribution in [0.25, 0.3) is 10.1 Å². The number of nitrogens with zero attached hydrogens (tertiary/aromatic N) is 2. The van der Waals surface area contributed by atoms with Crippen molar-refractivity contribution in [3.05, 3.63) is 161 Å². The van der Waals surface area contributed by atoms with Crippen LogP contribution in [0.3, 0.4) is 0 Å². The Labute approximate surface area is 344 Å². The Kier molecular flexibility index (Phi) is 7.94. The summed E-state index contributed by atoms with van der Waals surface area (Å²) in [6.45, 7) is 21.8. The number of para-hydroxylation sites is 2. The van der Waals surface area contributed by atoms with Crippen LogP contribution < -0.4 is 25.5 Å². The molecular formula is C53H53BN2S. The molecule has 0 N–H and O–H groups in total. The molecular weight excluding hydrogens is 707 g/mol. The van der Waals surface area contributed by atoms with Crippen LogP contribution in [0.1, 0.15) is 103 Å². The van der Waals surface area contributed by atoms with Crippen LogP contribution in [0, 0.1) is 0 Å². The van der Waals surface area contributed by atoms with E-state index in [2.05, 4.69) is 206 Å². The van der Waals surface area contributed by atoms with Gasteiger partial charge in [0.15, 0.2) is 0 Å². The molecule has 0 radical (unpaired) electrons. The van der Waals surface area contributed by atoms with E-state index in [0.717, 1.165) is 11.4 Å². The van der Waals surface area contributed by atoms with Gasteiger partial charge in [-0.25, -0.2) is 0 Å². The molecule has 4 heteroatoms. The summed E-state index contributed by atoms with van der Waals surface area (Å²) in [4.78, 5) is 5.15. The molecule has 3 heterocycles. The Balaban J connectivity index is 1.35. The third-order valence-corrected chi connectivity index (χ3v) is 14.9. The minimum absolute atomic E-state index is 0.0233. The monoisotopic (exact) mass is 760 g/mol. The highest BCUT2D eigenvalue weighted by Gasteiger charge is 2.48. The lowest BCUT2D eigenvalue weighted by atomic mass is 9.32. The molecule has 6 aromatic carbocycles. The first-order valence-corrected chi connectivity index (χ1v) is 21.7. The summed E-state index contributed by atoms with van der Waals surface area (Å²) in [5, 5.41) is 1.35. The lowest BCUT2D eigenvalue weighted by molar-refractivity contribution is 0.332. The predicted octanol–water partition coefficient (Wildman–Crippen LogP) is 13.0. The number of rotatable bonds is 4. The Morgan fingerprint density at radius 2 is 1.23 bits per heavy atom. The zero-order valence-electron chi connectivity index (χ0n) is 35.0. The van der Waals surface area contributed by atoms with E-state index >= 15 is 0 Å². The lowest BCUT2D eigenvalue weighted by Gasteiger charge is -2.46. The van der Waals surface area contributed by atoms with Gasteiger partial charge in [-0.15, -0.1) is 11.3 Å². The minimum atomic E-state index is -0.229. The molecule has 1 aliphatic carbocycles. The van der Waals surface area contributed by atoms with Crippen molar-refractivity contribution in [2.45, 2.75) is 96.8 Å². The maximum absolute atomic E-state index is 2.69.